The Labute approximate surface area is 136 Å². The van der Waals surface area contributed by atoms with Crippen molar-refractivity contribution in [3.05, 3.63) is 12.7 Å². The van der Waals surface area contributed by atoms with Gasteiger partial charge in [0.15, 0.2) is 8.32 Å². The van der Waals surface area contributed by atoms with Crippen molar-refractivity contribution in [2.75, 3.05) is 6.61 Å². The van der Waals surface area contributed by atoms with E-state index in [1.165, 1.54) is 6.08 Å². The Morgan fingerprint density at radius 1 is 1.27 bits per heavy atom. The first-order chi connectivity index (χ1) is 9.69. The molecule has 0 saturated heterocycles. The fourth-order valence-electron chi connectivity index (χ4n) is 1.36. The van der Waals surface area contributed by atoms with Gasteiger partial charge in [-0.2, -0.15) is 0 Å². The number of carbonyl (C=O) groups excluding carboxylic acids is 1. The number of aliphatic hydroxyl groups excluding tert-OH is 1. The van der Waals surface area contributed by atoms with Gasteiger partial charge in [0, 0.05) is 0 Å². The monoisotopic (exact) mass is 331 g/mol. The molecule has 0 rings (SSSR count). The van der Waals surface area contributed by atoms with Crippen molar-refractivity contribution in [3.8, 4) is 0 Å². The molecule has 0 fully saturated rings. The van der Waals surface area contributed by atoms with Crippen LogP contribution < -0.4 is 5.32 Å². The van der Waals surface area contributed by atoms with Crippen LogP contribution in [0.2, 0.25) is 18.1 Å². The highest BCUT2D eigenvalue weighted by Gasteiger charge is 2.38. The average Bonchev–Trinajstić information content (AvgIpc) is 2.29. The lowest BCUT2D eigenvalue weighted by molar-refractivity contribution is 0.0412. The predicted molar refractivity (Wildman–Crippen MR) is 92.5 cm³/mol. The Morgan fingerprint density at radius 3 is 2.14 bits per heavy atom. The molecule has 0 aliphatic carbocycles. The van der Waals surface area contributed by atoms with Gasteiger partial charge in [0.2, 0.25) is 0 Å². The Hall–Kier alpha value is -0.853. The van der Waals surface area contributed by atoms with E-state index in [1.807, 2.05) is 0 Å². The molecular formula is C16H33NO4Si. The molecule has 0 saturated carbocycles. The van der Waals surface area contributed by atoms with Crippen molar-refractivity contribution in [1.82, 2.24) is 5.32 Å². The summed E-state index contributed by atoms with van der Waals surface area (Å²) in [5.41, 5.74) is -0.589. The lowest BCUT2D eigenvalue weighted by Crippen LogP contribution is -2.51. The molecule has 0 radical (unpaired) electrons. The third-order valence-electron chi connectivity index (χ3n) is 3.79. The minimum absolute atomic E-state index is 0.0581. The Morgan fingerprint density at radius 2 is 1.77 bits per heavy atom. The molecule has 5 nitrogen and oxygen atoms in total. The van der Waals surface area contributed by atoms with Crippen molar-refractivity contribution in [2.45, 2.75) is 77.4 Å². The van der Waals surface area contributed by atoms with E-state index < -0.39 is 32.2 Å². The fourth-order valence-corrected chi connectivity index (χ4v) is 2.39. The minimum Gasteiger partial charge on any atom is -0.444 e. The van der Waals surface area contributed by atoms with Gasteiger partial charge >= 0.3 is 6.09 Å². The number of rotatable bonds is 6. The quantitative estimate of drug-likeness (QED) is 0.578. The fraction of sp³-hybridized carbons (Fsp3) is 0.812. The number of alkyl carbamates (subject to hydrolysis) is 1. The van der Waals surface area contributed by atoms with Crippen LogP contribution in [-0.2, 0) is 9.16 Å². The topological polar surface area (TPSA) is 67.8 Å². The first-order valence-corrected chi connectivity index (χ1v) is 10.5. The van der Waals surface area contributed by atoms with E-state index in [0.29, 0.717) is 0 Å². The van der Waals surface area contributed by atoms with Crippen LogP contribution in [0.3, 0.4) is 0 Å². The second-order valence-electron chi connectivity index (χ2n) is 8.05. The molecule has 0 aromatic carbocycles. The average molecular weight is 332 g/mol. The van der Waals surface area contributed by atoms with Gasteiger partial charge < -0.3 is 19.6 Å². The van der Waals surface area contributed by atoms with Gasteiger partial charge in [0.25, 0.3) is 0 Å². The molecule has 0 spiro atoms. The third-order valence-corrected chi connectivity index (χ3v) is 8.29. The van der Waals surface area contributed by atoms with Crippen molar-refractivity contribution < 1.29 is 19.1 Å². The summed E-state index contributed by atoms with van der Waals surface area (Å²) in [6.45, 7) is 19.8. The van der Waals surface area contributed by atoms with Crippen molar-refractivity contribution in [3.63, 3.8) is 0 Å². The summed E-state index contributed by atoms with van der Waals surface area (Å²) in [4.78, 5) is 11.9. The molecule has 0 aliphatic rings. The third kappa shape index (κ3) is 7.42. The molecule has 0 aromatic heterocycles. The van der Waals surface area contributed by atoms with Gasteiger partial charge in [0.05, 0.1) is 18.8 Å². The lowest BCUT2D eigenvalue weighted by Gasteiger charge is -2.37. The van der Waals surface area contributed by atoms with Crippen molar-refractivity contribution in [2.24, 2.45) is 0 Å². The van der Waals surface area contributed by atoms with E-state index in [-0.39, 0.29) is 11.6 Å². The van der Waals surface area contributed by atoms with E-state index in [4.69, 9.17) is 9.16 Å². The maximum absolute atomic E-state index is 11.9. The summed E-state index contributed by atoms with van der Waals surface area (Å²) < 4.78 is 11.3. The van der Waals surface area contributed by atoms with Crippen molar-refractivity contribution >= 4 is 14.4 Å². The number of aliphatic hydroxyl groups is 1. The number of amides is 1. The number of carbonyl (C=O) groups is 1. The summed E-state index contributed by atoms with van der Waals surface area (Å²) in [6.07, 6.45) is -0.0775. The number of ether oxygens (including phenoxy) is 1. The van der Waals surface area contributed by atoms with Gasteiger partial charge in [-0.3, -0.25) is 0 Å². The van der Waals surface area contributed by atoms with E-state index in [2.05, 4.69) is 45.8 Å². The minimum atomic E-state index is -1.96. The normalized spacial score (nSPS) is 15.9. The largest absolute Gasteiger partial charge is 0.444 e. The van der Waals surface area contributed by atoms with Crippen LogP contribution >= 0.6 is 0 Å². The van der Waals surface area contributed by atoms with Crippen molar-refractivity contribution in [1.29, 1.82) is 0 Å². The Kier molecular flexibility index (Phi) is 7.32. The van der Waals surface area contributed by atoms with Crippen LogP contribution in [0.4, 0.5) is 4.79 Å². The summed E-state index contributed by atoms with van der Waals surface area (Å²) in [7, 11) is -1.96. The van der Waals surface area contributed by atoms with Gasteiger partial charge in [-0.1, -0.05) is 26.8 Å². The zero-order chi connectivity index (χ0) is 17.8. The van der Waals surface area contributed by atoms with Gasteiger partial charge in [-0.25, -0.2) is 4.79 Å². The smallest absolute Gasteiger partial charge is 0.408 e. The molecule has 0 bridgehead atoms. The van der Waals surface area contributed by atoms with Crippen LogP contribution in [0, 0.1) is 0 Å². The predicted octanol–water partition coefficient (Wildman–Crippen LogP) is 3.45. The van der Waals surface area contributed by atoms with Gasteiger partial charge in [0.1, 0.15) is 5.60 Å². The van der Waals surface area contributed by atoms with Crippen LogP contribution in [0.5, 0.6) is 0 Å². The second-order valence-corrected chi connectivity index (χ2v) is 12.9. The summed E-state index contributed by atoms with van der Waals surface area (Å²) in [5, 5.41) is 12.7. The van der Waals surface area contributed by atoms with Crippen LogP contribution in [0.1, 0.15) is 41.5 Å². The maximum atomic E-state index is 11.9. The van der Waals surface area contributed by atoms with Crippen LogP contribution in [0.25, 0.3) is 0 Å². The van der Waals surface area contributed by atoms with Gasteiger partial charge in [-0.05, 0) is 38.9 Å². The molecule has 0 aliphatic heterocycles. The van der Waals surface area contributed by atoms with E-state index >= 15 is 0 Å². The Balaban J connectivity index is 4.81. The van der Waals surface area contributed by atoms with E-state index in [9.17, 15) is 9.90 Å². The summed E-state index contributed by atoms with van der Waals surface area (Å²) in [5.74, 6) is 0. The molecular weight excluding hydrogens is 298 g/mol. The molecule has 2 N–H and O–H groups in total. The lowest BCUT2D eigenvalue weighted by atomic mass is 10.2. The zero-order valence-corrected chi connectivity index (χ0v) is 16.3. The highest BCUT2D eigenvalue weighted by atomic mass is 28.4. The standard InChI is InChI=1S/C16H33NO4Si/c1-10-13(18)12(17-14(19)21-15(2,3)4)11-20-22(8,9)16(5,6)7/h10,12-13,18H,1,11H2,2-9H3,(H,17,19)/t12-,13+/m1/s1. The number of hydrogen-bond donors (Lipinski definition) is 2. The SMILES string of the molecule is C=C[C@H](O)[C@@H](CO[Si](C)(C)C(C)(C)C)NC(=O)OC(C)(C)C. The molecule has 0 unspecified atom stereocenters. The first-order valence-electron chi connectivity index (χ1n) is 7.64. The van der Waals surface area contributed by atoms with E-state index in [0.717, 1.165) is 0 Å². The number of hydrogen-bond acceptors (Lipinski definition) is 4. The molecule has 22 heavy (non-hydrogen) atoms. The molecule has 6 heteroatoms. The molecule has 2 atom stereocenters. The molecule has 130 valence electrons. The number of nitrogens with one attached hydrogen (secondary N) is 1. The van der Waals surface area contributed by atoms with E-state index in [1.54, 1.807) is 20.8 Å². The summed E-state index contributed by atoms with van der Waals surface area (Å²) in [6, 6.07) is -0.582. The van der Waals surface area contributed by atoms with Crippen LogP contribution in [0.15, 0.2) is 12.7 Å². The molecule has 0 heterocycles. The highest BCUT2D eigenvalue weighted by molar-refractivity contribution is 6.74. The molecule has 1 amide bonds. The summed E-state index contributed by atoms with van der Waals surface area (Å²) >= 11 is 0. The Bertz CT molecular complexity index is 383. The zero-order valence-electron chi connectivity index (χ0n) is 15.3. The van der Waals surface area contributed by atoms with Gasteiger partial charge in [-0.15, -0.1) is 6.58 Å². The highest BCUT2D eigenvalue weighted by Crippen LogP contribution is 2.36. The second kappa shape index (κ2) is 7.61. The van der Waals surface area contributed by atoms with Crippen LogP contribution in [-0.4, -0.2) is 43.9 Å². The molecule has 0 aromatic rings. The first kappa shape index (κ1) is 21.1. The maximum Gasteiger partial charge on any atom is 0.408 e.